The minimum atomic E-state index is -0.954. The number of esters is 1. The molecular weight excluding hydrogens is 322 g/mol. The summed E-state index contributed by atoms with van der Waals surface area (Å²) in [5, 5.41) is 14.0. The third kappa shape index (κ3) is 6.63. The van der Waals surface area contributed by atoms with Gasteiger partial charge in [-0.25, -0.2) is 4.79 Å². The van der Waals surface area contributed by atoms with Crippen LogP contribution >= 0.6 is 0 Å². The SMILES string of the molecule is COC(=O)[C@H](NC(=O)[C@@H](Cc1ccccc1)NC(C)=O)[C@@H](C)CC#N. The Morgan fingerprint density at radius 3 is 2.36 bits per heavy atom. The lowest BCUT2D eigenvalue weighted by molar-refractivity contribution is -0.146. The molecule has 2 amide bonds. The zero-order valence-electron chi connectivity index (χ0n) is 14.6. The molecule has 1 rings (SSSR count). The number of rotatable bonds is 8. The molecule has 134 valence electrons. The highest BCUT2D eigenvalue weighted by Crippen LogP contribution is 2.11. The van der Waals surface area contributed by atoms with Crippen LogP contribution in [0.2, 0.25) is 0 Å². The van der Waals surface area contributed by atoms with Gasteiger partial charge in [0.15, 0.2) is 0 Å². The summed E-state index contributed by atoms with van der Waals surface area (Å²) < 4.78 is 4.71. The van der Waals surface area contributed by atoms with E-state index in [0.717, 1.165) is 5.56 Å². The van der Waals surface area contributed by atoms with Crippen molar-refractivity contribution in [2.45, 2.75) is 38.8 Å². The molecule has 0 saturated heterocycles. The number of hydrogen-bond donors (Lipinski definition) is 2. The summed E-state index contributed by atoms with van der Waals surface area (Å²) in [6, 6.07) is 9.41. The molecule has 0 fully saturated rings. The van der Waals surface area contributed by atoms with Crippen molar-refractivity contribution in [1.29, 1.82) is 5.26 Å². The van der Waals surface area contributed by atoms with Crippen LogP contribution in [0.3, 0.4) is 0 Å². The second-order valence-corrected chi connectivity index (χ2v) is 5.79. The first-order valence-corrected chi connectivity index (χ1v) is 7.95. The van der Waals surface area contributed by atoms with Gasteiger partial charge in [0.1, 0.15) is 12.1 Å². The summed E-state index contributed by atoms with van der Waals surface area (Å²) in [7, 11) is 1.22. The van der Waals surface area contributed by atoms with Crippen LogP contribution in [0, 0.1) is 17.2 Å². The number of carbonyl (C=O) groups excluding carboxylic acids is 3. The van der Waals surface area contributed by atoms with E-state index in [9.17, 15) is 14.4 Å². The topological polar surface area (TPSA) is 108 Å². The fourth-order valence-electron chi connectivity index (χ4n) is 2.38. The van der Waals surface area contributed by atoms with E-state index in [0.29, 0.717) is 0 Å². The lowest BCUT2D eigenvalue weighted by Gasteiger charge is -2.24. The van der Waals surface area contributed by atoms with Crippen LogP contribution in [-0.2, 0) is 25.5 Å². The Morgan fingerprint density at radius 2 is 1.84 bits per heavy atom. The number of amides is 2. The maximum Gasteiger partial charge on any atom is 0.328 e. The van der Waals surface area contributed by atoms with E-state index in [1.165, 1.54) is 14.0 Å². The molecule has 2 N–H and O–H groups in total. The Labute approximate surface area is 147 Å². The summed E-state index contributed by atoms with van der Waals surface area (Å²) in [6.07, 6.45) is 0.371. The van der Waals surface area contributed by atoms with Crippen molar-refractivity contribution < 1.29 is 19.1 Å². The highest BCUT2D eigenvalue weighted by molar-refractivity contribution is 5.90. The maximum atomic E-state index is 12.6. The number of carbonyl (C=O) groups is 3. The van der Waals surface area contributed by atoms with Crippen molar-refractivity contribution in [2.24, 2.45) is 5.92 Å². The van der Waals surface area contributed by atoms with Crippen molar-refractivity contribution in [3.63, 3.8) is 0 Å². The standard InChI is InChI=1S/C18H23N3O4/c1-12(9-10-19)16(18(24)25-3)21-17(23)15(20-13(2)22)11-14-7-5-4-6-8-14/h4-8,12,15-16H,9,11H2,1-3H3,(H,20,22)(H,21,23)/t12-,15+,16+/m0/s1. The quantitative estimate of drug-likeness (QED) is 0.682. The van der Waals surface area contributed by atoms with Crippen molar-refractivity contribution in [2.75, 3.05) is 7.11 Å². The first kappa shape index (κ1) is 20.2. The molecule has 0 bridgehead atoms. The summed E-state index contributed by atoms with van der Waals surface area (Å²) in [6.45, 7) is 3.00. The highest BCUT2D eigenvalue weighted by atomic mass is 16.5. The molecule has 0 aromatic heterocycles. The van der Waals surface area contributed by atoms with Gasteiger partial charge >= 0.3 is 5.97 Å². The summed E-state index contributed by atoms with van der Waals surface area (Å²) >= 11 is 0. The fraction of sp³-hybridized carbons (Fsp3) is 0.444. The summed E-state index contributed by atoms with van der Waals surface area (Å²) in [5.74, 6) is -1.90. The number of hydrogen-bond acceptors (Lipinski definition) is 5. The smallest absolute Gasteiger partial charge is 0.328 e. The van der Waals surface area contributed by atoms with Crippen LogP contribution in [-0.4, -0.2) is 37.0 Å². The predicted octanol–water partition coefficient (Wildman–Crippen LogP) is 0.941. The molecule has 1 aromatic rings. The van der Waals surface area contributed by atoms with E-state index >= 15 is 0 Å². The number of benzene rings is 1. The normalized spacial score (nSPS) is 13.7. The monoisotopic (exact) mass is 345 g/mol. The van der Waals surface area contributed by atoms with Gasteiger partial charge in [0.25, 0.3) is 0 Å². The van der Waals surface area contributed by atoms with Gasteiger partial charge in [0.2, 0.25) is 11.8 Å². The van der Waals surface area contributed by atoms with Crippen molar-refractivity contribution in [3.05, 3.63) is 35.9 Å². The second-order valence-electron chi connectivity index (χ2n) is 5.79. The average Bonchev–Trinajstić information content (AvgIpc) is 2.58. The van der Waals surface area contributed by atoms with Gasteiger partial charge in [-0.15, -0.1) is 0 Å². The zero-order chi connectivity index (χ0) is 18.8. The van der Waals surface area contributed by atoms with E-state index in [2.05, 4.69) is 10.6 Å². The minimum Gasteiger partial charge on any atom is -0.467 e. The number of nitrogens with one attached hydrogen (secondary N) is 2. The van der Waals surface area contributed by atoms with Crippen LogP contribution in [0.15, 0.2) is 30.3 Å². The summed E-state index contributed by atoms with van der Waals surface area (Å²) in [5.41, 5.74) is 0.871. The third-order valence-corrected chi connectivity index (χ3v) is 3.71. The van der Waals surface area contributed by atoms with Crippen LogP contribution in [0.1, 0.15) is 25.8 Å². The van der Waals surface area contributed by atoms with E-state index in [1.807, 2.05) is 36.4 Å². The number of methoxy groups -OCH3 is 1. The summed E-state index contributed by atoms with van der Waals surface area (Å²) in [4.78, 5) is 36.0. The van der Waals surface area contributed by atoms with Crippen molar-refractivity contribution in [3.8, 4) is 6.07 Å². The molecule has 0 unspecified atom stereocenters. The highest BCUT2D eigenvalue weighted by Gasteiger charge is 2.30. The molecule has 7 heteroatoms. The molecular formula is C18H23N3O4. The van der Waals surface area contributed by atoms with Gasteiger partial charge in [-0.2, -0.15) is 5.26 Å². The van der Waals surface area contributed by atoms with Gasteiger partial charge in [-0.3, -0.25) is 9.59 Å². The Bertz CT molecular complexity index is 639. The molecule has 0 radical (unpaired) electrons. The fourth-order valence-corrected chi connectivity index (χ4v) is 2.38. The average molecular weight is 345 g/mol. The molecule has 0 saturated carbocycles. The van der Waals surface area contributed by atoms with Crippen LogP contribution in [0.25, 0.3) is 0 Å². The number of nitriles is 1. The van der Waals surface area contributed by atoms with Crippen LogP contribution in [0.4, 0.5) is 0 Å². The molecule has 0 aliphatic carbocycles. The second kappa shape index (κ2) is 10.1. The van der Waals surface area contributed by atoms with Crippen LogP contribution in [0.5, 0.6) is 0 Å². The molecule has 0 aliphatic heterocycles. The molecule has 0 heterocycles. The van der Waals surface area contributed by atoms with Crippen molar-refractivity contribution in [1.82, 2.24) is 10.6 Å². The molecule has 3 atom stereocenters. The molecule has 0 aliphatic rings. The van der Waals surface area contributed by atoms with Gasteiger partial charge in [-0.1, -0.05) is 37.3 Å². The Kier molecular flexibility index (Phi) is 8.13. The zero-order valence-corrected chi connectivity index (χ0v) is 14.6. The first-order chi connectivity index (χ1) is 11.9. The molecule has 7 nitrogen and oxygen atoms in total. The van der Waals surface area contributed by atoms with E-state index in [1.54, 1.807) is 6.92 Å². The van der Waals surface area contributed by atoms with E-state index < -0.39 is 29.9 Å². The molecule has 25 heavy (non-hydrogen) atoms. The maximum absolute atomic E-state index is 12.6. The largest absolute Gasteiger partial charge is 0.467 e. The van der Waals surface area contributed by atoms with Gasteiger partial charge in [0.05, 0.1) is 13.2 Å². The van der Waals surface area contributed by atoms with E-state index in [4.69, 9.17) is 10.00 Å². The minimum absolute atomic E-state index is 0.0868. The van der Waals surface area contributed by atoms with Gasteiger partial charge in [0, 0.05) is 25.7 Å². The Morgan fingerprint density at radius 1 is 1.20 bits per heavy atom. The number of nitrogens with zero attached hydrogens (tertiary/aromatic N) is 1. The Balaban J connectivity index is 2.92. The van der Waals surface area contributed by atoms with Crippen molar-refractivity contribution >= 4 is 17.8 Å². The molecule has 1 aromatic carbocycles. The van der Waals surface area contributed by atoms with E-state index in [-0.39, 0.29) is 18.7 Å². The Hall–Kier alpha value is -2.88. The lowest BCUT2D eigenvalue weighted by Crippen LogP contribution is -2.54. The lowest BCUT2D eigenvalue weighted by atomic mass is 9.97. The predicted molar refractivity (Wildman–Crippen MR) is 91.1 cm³/mol. The van der Waals surface area contributed by atoms with Gasteiger partial charge < -0.3 is 15.4 Å². The third-order valence-electron chi connectivity index (χ3n) is 3.71. The number of ether oxygens (including phenoxy) is 1. The molecule has 0 spiro atoms. The van der Waals surface area contributed by atoms with Gasteiger partial charge in [-0.05, 0) is 5.56 Å². The van der Waals surface area contributed by atoms with Crippen LogP contribution < -0.4 is 10.6 Å². The first-order valence-electron chi connectivity index (χ1n) is 7.95.